The topological polar surface area (TPSA) is 78.0 Å². The monoisotopic (exact) mass is 519 g/mol. The second-order valence-corrected chi connectivity index (χ2v) is 11.2. The lowest BCUT2D eigenvalue weighted by atomic mass is 9.86. The first-order valence-electron chi connectivity index (χ1n) is 13.2. The van der Waals surface area contributed by atoms with Crippen LogP contribution in [0.5, 0.6) is 0 Å². The van der Waals surface area contributed by atoms with Gasteiger partial charge in [0.15, 0.2) is 5.78 Å². The lowest BCUT2D eigenvalue weighted by molar-refractivity contribution is -0.140. The smallest absolute Gasteiger partial charge is 0.264 e. The van der Waals surface area contributed by atoms with Gasteiger partial charge in [-0.15, -0.1) is 11.3 Å². The molecule has 3 unspecified atom stereocenters. The highest BCUT2D eigenvalue weighted by Gasteiger charge is 2.37. The summed E-state index contributed by atoms with van der Waals surface area (Å²) in [5.41, 5.74) is 2.67. The number of imide groups is 1. The summed E-state index contributed by atoms with van der Waals surface area (Å²) in [6, 6.07) is 9.45. The Kier molecular flexibility index (Phi) is 7.40. The fraction of sp³-hybridized carbons (Fsp3) is 0.448. The minimum atomic E-state index is -0.387. The molecular formula is C29H33N3O4S. The highest BCUT2D eigenvalue weighted by Crippen LogP contribution is 2.36. The molecule has 3 amide bonds. The van der Waals surface area contributed by atoms with Crippen molar-refractivity contribution >= 4 is 34.8 Å². The van der Waals surface area contributed by atoms with Crippen molar-refractivity contribution in [1.82, 2.24) is 14.7 Å². The Morgan fingerprint density at radius 1 is 1.00 bits per heavy atom. The van der Waals surface area contributed by atoms with Gasteiger partial charge in [-0.25, -0.2) is 0 Å². The minimum Gasteiger partial charge on any atom is -0.335 e. The highest BCUT2D eigenvalue weighted by molar-refractivity contribution is 7.12. The second kappa shape index (κ2) is 10.7. The number of ketones is 1. The minimum absolute atomic E-state index is 0.101. The first kappa shape index (κ1) is 25.5. The number of hydrogen-bond acceptors (Lipinski definition) is 6. The maximum absolute atomic E-state index is 12.8. The Labute approximate surface area is 221 Å². The molecule has 1 aromatic carbocycles. The molecule has 8 heteroatoms. The molecule has 3 aliphatic rings. The van der Waals surface area contributed by atoms with Crippen molar-refractivity contribution in [3.05, 3.63) is 69.4 Å². The molecule has 194 valence electrons. The van der Waals surface area contributed by atoms with Gasteiger partial charge in [0.05, 0.1) is 10.9 Å². The van der Waals surface area contributed by atoms with Crippen LogP contribution in [0.4, 0.5) is 0 Å². The molecule has 5 rings (SSSR count). The third-order valence-corrected chi connectivity index (χ3v) is 8.92. The van der Waals surface area contributed by atoms with Gasteiger partial charge < -0.3 is 4.90 Å². The molecule has 2 aliphatic heterocycles. The molecule has 37 heavy (non-hydrogen) atoms. The highest BCUT2D eigenvalue weighted by atomic mass is 32.1. The van der Waals surface area contributed by atoms with E-state index in [0.29, 0.717) is 32.4 Å². The Hall–Kier alpha value is -3.10. The van der Waals surface area contributed by atoms with E-state index in [0.717, 1.165) is 41.1 Å². The summed E-state index contributed by atoms with van der Waals surface area (Å²) in [4.78, 5) is 56.9. The number of nitrogens with zero attached hydrogens (tertiary/aromatic N) is 3. The van der Waals surface area contributed by atoms with Crippen molar-refractivity contribution in [3.8, 4) is 0 Å². The van der Waals surface area contributed by atoms with Crippen molar-refractivity contribution in [2.24, 2.45) is 5.92 Å². The van der Waals surface area contributed by atoms with Gasteiger partial charge in [-0.1, -0.05) is 38.1 Å². The Bertz CT molecular complexity index is 1210. The summed E-state index contributed by atoms with van der Waals surface area (Å²) in [6.07, 6.45) is 5.48. The molecule has 1 aromatic heterocycles. The van der Waals surface area contributed by atoms with Gasteiger partial charge in [0.1, 0.15) is 0 Å². The van der Waals surface area contributed by atoms with Crippen LogP contribution in [0, 0.1) is 5.92 Å². The van der Waals surface area contributed by atoms with E-state index in [1.165, 1.54) is 28.4 Å². The molecule has 0 bridgehead atoms. The standard InChI is InChI=1S/C29H33N3O4S/c1-3-23(30-12-14-31(15-13-30)29(36)26-5-4-16-37-26)19(2)17-24(32-27(34)10-11-28(32)35)21-6-8-22-20(18-21)7-9-25(22)33/h4-6,8,10-11,16,18-19,23-24H,3,7,9,12-15,17H2,1-2H3. The van der Waals surface area contributed by atoms with E-state index >= 15 is 0 Å². The second-order valence-electron chi connectivity index (χ2n) is 10.2. The molecule has 7 nitrogen and oxygen atoms in total. The summed E-state index contributed by atoms with van der Waals surface area (Å²) in [5, 5.41) is 1.93. The first-order chi connectivity index (χ1) is 17.9. The number of piperazine rings is 1. The molecule has 3 atom stereocenters. The Balaban J connectivity index is 1.31. The SMILES string of the molecule is CCC(C(C)CC(c1ccc2c(c1)CCC2=O)N1C(=O)C=CC1=O)N1CCN(C(=O)c2cccs2)CC1. The maximum atomic E-state index is 12.8. The largest absolute Gasteiger partial charge is 0.335 e. The number of hydrogen-bond donors (Lipinski definition) is 0. The number of amides is 3. The van der Waals surface area contributed by atoms with E-state index in [4.69, 9.17) is 0 Å². The van der Waals surface area contributed by atoms with E-state index in [1.54, 1.807) is 0 Å². The zero-order valence-electron chi connectivity index (χ0n) is 21.4. The lowest BCUT2D eigenvalue weighted by Gasteiger charge is -2.42. The molecule has 0 N–H and O–H groups in total. The third-order valence-electron chi connectivity index (χ3n) is 8.06. The van der Waals surface area contributed by atoms with Gasteiger partial charge in [-0.05, 0) is 47.8 Å². The van der Waals surface area contributed by atoms with Gasteiger partial charge in [-0.3, -0.25) is 29.0 Å². The number of fused-ring (bicyclic) bond motifs is 1. The molecule has 0 spiro atoms. The number of carbonyl (C=O) groups is 4. The normalized spacial score (nSPS) is 20.4. The maximum Gasteiger partial charge on any atom is 0.264 e. The lowest BCUT2D eigenvalue weighted by Crippen LogP contribution is -2.53. The number of aryl methyl sites for hydroxylation is 1. The number of thiophene rings is 1. The van der Waals surface area contributed by atoms with Crippen molar-refractivity contribution in [1.29, 1.82) is 0 Å². The van der Waals surface area contributed by atoms with Gasteiger partial charge in [-0.2, -0.15) is 0 Å². The zero-order valence-corrected chi connectivity index (χ0v) is 22.2. The molecule has 0 saturated carbocycles. The first-order valence-corrected chi connectivity index (χ1v) is 14.0. The number of Topliss-reactive ketones (excluding diaryl/α,β-unsaturated/α-hetero) is 1. The molecule has 1 saturated heterocycles. The summed E-state index contributed by atoms with van der Waals surface area (Å²) >= 11 is 1.48. The number of benzene rings is 1. The summed E-state index contributed by atoms with van der Waals surface area (Å²) in [7, 11) is 0. The average molecular weight is 520 g/mol. The van der Waals surface area contributed by atoms with Crippen molar-refractivity contribution in [3.63, 3.8) is 0 Å². The van der Waals surface area contributed by atoms with Crippen LogP contribution >= 0.6 is 11.3 Å². The van der Waals surface area contributed by atoms with Crippen molar-refractivity contribution in [2.45, 2.75) is 51.6 Å². The van der Waals surface area contributed by atoms with Crippen LogP contribution in [0.3, 0.4) is 0 Å². The van der Waals surface area contributed by atoms with E-state index in [2.05, 4.69) is 18.7 Å². The number of carbonyl (C=O) groups excluding carboxylic acids is 4. The fourth-order valence-electron chi connectivity index (χ4n) is 6.13. The van der Waals surface area contributed by atoms with Crippen LogP contribution in [0.2, 0.25) is 0 Å². The van der Waals surface area contributed by atoms with Crippen LogP contribution in [0.1, 0.15) is 70.3 Å². The summed E-state index contributed by atoms with van der Waals surface area (Å²) in [5.74, 6) is -0.112. The fourth-order valence-corrected chi connectivity index (χ4v) is 6.83. The van der Waals surface area contributed by atoms with Crippen molar-refractivity contribution < 1.29 is 19.2 Å². The Morgan fingerprint density at radius 3 is 2.38 bits per heavy atom. The predicted molar refractivity (Wildman–Crippen MR) is 142 cm³/mol. The van der Waals surface area contributed by atoms with Crippen LogP contribution < -0.4 is 0 Å². The van der Waals surface area contributed by atoms with Gasteiger partial charge in [0, 0.05) is 56.4 Å². The molecule has 3 heterocycles. The predicted octanol–water partition coefficient (Wildman–Crippen LogP) is 4.11. The van der Waals surface area contributed by atoms with E-state index in [1.807, 2.05) is 40.6 Å². The van der Waals surface area contributed by atoms with Gasteiger partial charge in [0.25, 0.3) is 17.7 Å². The van der Waals surface area contributed by atoms with Crippen LogP contribution in [-0.4, -0.2) is 70.4 Å². The zero-order chi connectivity index (χ0) is 26.1. The molecule has 2 aromatic rings. The van der Waals surface area contributed by atoms with Crippen molar-refractivity contribution in [2.75, 3.05) is 26.2 Å². The summed E-state index contributed by atoms with van der Waals surface area (Å²) in [6.45, 7) is 7.35. The Morgan fingerprint density at radius 2 is 1.73 bits per heavy atom. The van der Waals surface area contributed by atoms with E-state index in [-0.39, 0.29) is 41.5 Å². The molecule has 1 aliphatic carbocycles. The number of rotatable bonds is 8. The molecule has 1 fully saturated rings. The van der Waals surface area contributed by atoms with Crippen LogP contribution in [0.15, 0.2) is 47.9 Å². The average Bonchev–Trinajstić information content (AvgIpc) is 3.64. The van der Waals surface area contributed by atoms with Gasteiger partial charge in [0.2, 0.25) is 0 Å². The molecule has 0 radical (unpaired) electrons. The summed E-state index contributed by atoms with van der Waals surface area (Å²) < 4.78 is 0. The molecular weight excluding hydrogens is 486 g/mol. The van der Waals surface area contributed by atoms with Crippen LogP contribution in [-0.2, 0) is 16.0 Å². The van der Waals surface area contributed by atoms with E-state index < -0.39 is 0 Å². The third kappa shape index (κ3) is 5.05. The van der Waals surface area contributed by atoms with Crippen LogP contribution in [0.25, 0.3) is 0 Å². The van der Waals surface area contributed by atoms with E-state index in [9.17, 15) is 19.2 Å². The quantitative estimate of drug-likeness (QED) is 0.491. The van der Waals surface area contributed by atoms with Gasteiger partial charge >= 0.3 is 0 Å².